The number of carbonyl (C=O) groups is 3. The molecule has 2 amide bonds. The number of nitrogens with zero attached hydrogens (tertiary/aromatic N) is 3. The minimum Gasteiger partial charge on any atom is -0.464 e. The lowest BCUT2D eigenvalue weighted by atomic mass is 10.1. The summed E-state index contributed by atoms with van der Waals surface area (Å²) in [7, 11) is 0. The first-order valence-corrected chi connectivity index (χ1v) is 10.3. The van der Waals surface area contributed by atoms with Gasteiger partial charge in [-0.15, -0.1) is 0 Å². The molecule has 0 spiro atoms. The molecule has 8 heteroatoms. The van der Waals surface area contributed by atoms with Crippen molar-refractivity contribution >= 4 is 28.8 Å². The summed E-state index contributed by atoms with van der Waals surface area (Å²) in [6.07, 6.45) is 0.843. The number of hydrogen-bond donors (Lipinski definition) is 0. The molecule has 3 aromatic rings. The number of aromatic nitrogens is 2. The van der Waals surface area contributed by atoms with Crippen LogP contribution in [-0.2, 0) is 22.6 Å². The van der Waals surface area contributed by atoms with Crippen LogP contribution in [0.5, 0.6) is 0 Å². The van der Waals surface area contributed by atoms with E-state index in [2.05, 4.69) is 0 Å². The van der Waals surface area contributed by atoms with Gasteiger partial charge in [0.1, 0.15) is 6.61 Å². The number of ether oxygens (including phenoxy) is 1. The Bertz CT molecular complexity index is 1190. The summed E-state index contributed by atoms with van der Waals surface area (Å²) >= 11 is 0. The SMILES string of the molecule is CCCn1c(=O)n(CCC(=O)OCCN2C(=O)c3ccccc3C2=O)c2ccccc21. The molecule has 1 aliphatic heterocycles. The van der Waals surface area contributed by atoms with Gasteiger partial charge < -0.3 is 4.74 Å². The maximum absolute atomic E-state index is 12.8. The predicted molar refractivity (Wildman–Crippen MR) is 114 cm³/mol. The highest BCUT2D eigenvalue weighted by atomic mass is 16.5. The van der Waals surface area contributed by atoms with Gasteiger partial charge in [0.25, 0.3) is 11.8 Å². The Morgan fingerprint density at radius 1 is 0.806 bits per heavy atom. The van der Waals surface area contributed by atoms with E-state index in [-0.39, 0.29) is 43.6 Å². The molecule has 0 saturated carbocycles. The minimum atomic E-state index is -0.490. The predicted octanol–water partition coefficient (Wildman–Crippen LogP) is 2.44. The van der Waals surface area contributed by atoms with Crippen LogP contribution in [0.3, 0.4) is 0 Å². The van der Waals surface area contributed by atoms with Gasteiger partial charge in [-0.2, -0.15) is 0 Å². The number of carbonyl (C=O) groups excluding carboxylic acids is 3. The maximum Gasteiger partial charge on any atom is 0.329 e. The van der Waals surface area contributed by atoms with Gasteiger partial charge in [0, 0.05) is 13.1 Å². The minimum absolute atomic E-state index is 0.00611. The highest BCUT2D eigenvalue weighted by molar-refractivity contribution is 6.21. The molecule has 0 atom stereocenters. The second-order valence-corrected chi connectivity index (χ2v) is 7.35. The lowest BCUT2D eigenvalue weighted by Gasteiger charge is -2.13. The Kier molecular flexibility index (Phi) is 5.70. The van der Waals surface area contributed by atoms with E-state index in [0.29, 0.717) is 17.7 Å². The van der Waals surface area contributed by atoms with Gasteiger partial charge in [0.2, 0.25) is 0 Å². The smallest absolute Gasteiger partial charge is 0.329 e. The van der Waals surface area contributed by atoms with Crippen LogP contribution in [0.4, 0.5) is 0 Å². The Balaban J connectivity index is 1.35. The third kappa shape index (κ3) is 3.76. The quantitative estimate of drug-likeness (QED) is 0.412. The van der Waals surface area contributed by atoms with Crippen LogP contribution < -0.4 is 5.69 Å². The Labute approximate surface area is 178 Å². The average Bonchev–Trinajstić information content (AvgIpc) is 3.19. The highest BCUT2D eigenvalue weighted by Crippen LogP contribution is 2.22. The topological polar surface area (TPSA) is 90.6 Å². The Morgan fingerprint density at radius 3 is 1.94 bits per heavy atom. The first kappa shape index (κ1) is 20.6. The van der Waals surface area contributed by atoms with Crippen molar-refractivity contribution in [1.29, 1.82) is 0 Å². The fourth-order valence-corrected chi connectivity index (χ4v) is 3.90. The van der Waals surface area contributed by atoms with Crippen LogP contribution in [0.25, 0.3) is 11.0 Å². The summed E-state index contributed by atoms with van der Waals surface area (Å²) in [6, 6.07) is 14.1. The molecule has 0 N–H and O–H groups in total. The molecule has 2 heterocycles. The van der Waals surface area contributed by atoms with Crippen molar-refractivity contribution in [3.63, 3.8) is 0 Å². The molecule has 0 bridgehead atoms. The number of fused-ring (bicyclic) bond motifs is 2. The fraction of sp³-hybridized carbons (Fsp3) is 0.304. The van der Waals surface area contributed by atoms with Crippen LogP contribution >= 0.6 is 0 Å². The van der Waals surface area contributed by atoms with Crippen molar-refractivity contribution in [3.8, 4) is 0 Å². The number of esters is 1. The van der Waals surface area contributed by atoms with Crippen molar-refractivity contribution in [1.82, 2.24) is 14.0 Å². The van der Waals surface area contributed by atoms with Gasteiger partial charge in [-0.1, -0.05) is 31.2 Å². The monoisotopic (exact) mass is 421 g/mol. The highest BCUT2D eigenvalue weighted by Gasteiger charge is 2.34. The van der Waals surface area contributed by atoms with Crippen LogP contribution in [0.2, 0.25) is 0 Å². The van der Waals surface area contributed by atoms with Crippen molar-refractivity contribution < 1.29 is 19.1 Å². The summed E-state index contributed by atoms with van der Waals surface area (Å²) < 4.78 is 8.51. The van der Waals surface area contributed by atoms with Gasteiger partial charge in [-0.25, -0.2) is 4.79 Å². The lowest BCUT2D eigenvalue weighted by Crippen LogP contribution is -2.33. The largest absolute Gasteiger partial charge is 0.464 e. The number of imidazole rings is 1. The normalized spacial score (nSPS) is 13.1. The molecule has 160 valence electrons. The molecule has 31 heavy (non-hydrogen) atoms. The second kappa shape index (κ2) is 8.59. The summed E-state index contributed by atoms with van der Waals surface area (Å²) in [4.78, 5) is 50.7. The van der Waals surface area contributed by atoms with Gasteiger partial charge in [-0.3, -0.25) is 28.4 Å². The zero-order chi connectivity index (χ0) is 22.0. The number of imide groups is 1. The summed E-state index contributed by atoms with van der Waals surface area (Å²) in [5.74, 6) is -1.25. The molecule has 2 aromatic carbocycles. The first-order valence-electron chi connectivity index (χ1n) is 10.3. The van der Waals surface area contributed by atoms with Crippen molar-refractivity contribution in [2.45, 2.75) is 32.9 Å². The van der Waals surface area contributed by atoms with Crippen molar-refractivity contribution in [2.24, 2.45) is 0 Å². The molecule has 0 aliphatic carbocycles. The molecule has 1 aliphatic rings. The molecule has 0 radical (unpaired) electrons. The standard InChI is InChI=1S/C23H23N3O5/c1-2-12-24-18-9-5-6-10-19(18)25(23(24)30)13-11-20(27)31-15-14-26-21(28)16-7-3-4-8-17(16)22(26)29/h3-10H,2,11-15H2,1H3. The molecule has 0 unspecified atom stereocenters. The molecule has 0 fully saturated rings. The maximum atomic E-state index is 12.8. The Hall–Kier alpha value is -3.68. The van der Waals surface area contributed by atoms with Crippen molar-refractivity contribution in [3.05, 3.63) is 70.1 Å². The molecule has 1 aromatic heterocycles. The van der Waals surface area contributed by atoms with E-state index in [1.807, 2.05) is 31.2 Å². The van der Waals surface area contributed by atoms with E-state index in [9.17, 15) is 19.2 Å². The third-order valence-electron chi connectivity index (χ3n) is 5.37. The molecule has 4 rings (SSSR count). The number of aryl methyl sites for hydroxylation is 2. The van der Waals surface area contributed by atoms with Gasteiger partial charge in [-0.05, 0) is 30.7 Å². The Morgan fingerprint density at radius 2 is 1.35 bits per heavy atom. The second-order valence-electron chi connectivity index (χ2n) is 7.35. The lowest BCUT2D eigenvalue weighted by molar-refractivity contribution is -0.144. The van der Waals surface area contributed by atoms with E-state index in [0.717, 1.165) is 22.4 Å². The zero-order valence-corrected chi connectivity index (χ0v) is 17.2. The third-order valence-corrected chi connectivity index (χ3v) is 5.37. The van der Waals surface area contributed by atoms with E-state index in [4.69, 9.17) is 4.74 Å². The molecule has 8 nitrogen and oxygen atoms in total. The van der Waals surface area contributed by atoms with E-state index < -0.39 is 5.97 Å². The van der Waals surface area contributed by atoms with Gasteiger partial charge in [0.15, 0.2) is 0 Å². The number of hydrogen-bond acceptors (Lipinski definition) is 5. The average molecular weight is 421 g/mol. The number of rotatable bonds is 8. The van der Waals surface area contributed by atoms with Gasteiger partial charge >= 0.3 is 11.7 Å². The van der Waals surface area contributed by atoms with Gasteiger partial charge in [0.05, 0.1) is 35.1 Å². The summed E-state index contributed by atoms with van der Waals surface area (Å²) in [5, 5.41) is 0. The van der Waals surface area contributed by atoms with E-state index in [1.165, 1.54) is 0 Å². The van der Waals surface area contributed by atoms with Crippen LogP contribution in [-0.4, -0.2) is 45.0 Å². The van der Waals surface area contributed by atoms with Crippen LogP contribution in [0.15, 0.2) is 53.3 Å². The zero-order valence-electron chi connectivity index (χ0n) is 17.2. The number of amides is 2. The van der Waals surface area contributed by atoms with Crippen molar-refractivity contribution in [2.75, 3.05) is 13.2 Å². The molecular weight excluding hydrogens is 398 g/mol. The van der Waals surface area contributed by atoms with E-state index >= 15 is 0 Å². The summed E-state index contributed by atoms with van der Waals surface area (Å²) in [5.41, 5.74) is 2.19. The first-order chi connectivity index (χ1) is 15.0. The molecule has 0 saturated heterocycles. The summed E-state index contributed by atoms with van der Waals surface area (Å²) in [6.45, 7) is 2.72. The number of para-hydroxylation sites is 2. The number of benzene rings is 2. The van der Waals surface area contributed by atoms with E-state index in [1.54, 1.807) is 33.4 Å². The molecular formula is C23H23N3O5. The fourth-order valence-electron chi connectivity index (χ4n) is 3.90. The van der Waals surface area contributed by atoms with Crippen LogP contribution in [0.1, 0.15) is 40.5 Å². The van der Waals surface area contributed by atoms with Crippen LogP contribution in [0, 0.1) is 0 Å².